The first kappa shape index (κ1) is 31.3. The Balaban J connectivity index is 1.06. The summed E-state index contributed by atoms with van der Waals surface area (Å²) in [6, 6.07) is 60.1. The fourth-order valence-electron chi connectivity index (χ4n) is 8.39. The van der Waals surface area contributed by atoms with Crippen molar-refractivity contribution in [3.63, 3.8) is 0 Å². The van der Waals surface area contributed by atoms with Crippen LogP contribution in [0.2, 0.25) is 0 Å². The normalized spacial score (nSPS) is 15.3. The molecule has 5 nitrogen and oxygen atoms in total. The van der Waals surface area contributed by atoms with Crippen LogP contribution in [0.15, 0.2) is 190 Å². The number of furan rings is 1. The highest BCUT2D eigenvalue weighted by molar-refractivity contribution is 6.20. The summed E-state index contributed by atoms with van der Waals surface area (Å²) in [4.78, 5) is 10.5. The number of nitrogens with zero attached hydrogens (tertiary/aromatic N) is 2. The second-order valence-corrected chi connectivity index (χ2v) is 14.1. The Bertz CT molecular complexity index is 3080. The lowest BCUT2D eigenvalue weighted by Crippen LogP contribution is -2.33. The first-order valence-electron chi connectivity index (χ1n) is 18.7. The molecule has 2 N–H and O–H groups in total. The zero-order valence-corrected chi connectivity index (χ0v) is 29.8. The van der Waals surface area contributed by atoms with E-state index >= 15 is 0 Å². The van der Waals surface area contributed by atoms with Crippen LogP contribution >= 0.6 is 0 Å². The number of benzene rings is 8. The van der Waals surface area contributed by atoms with Crippen molar-refractivity contribution in [2.75, 3.05) is 11.9 Å². The highest BCUT2D eigenvalue weighted by atomic mass is 16.3. The lowest BCUT2D eigenvalue weighted by atomic mass is 9.86. The van der Waals surface area contributed by atoms with Crippen molar-refractivity contribution in [3.8, 4) is 11.1 Å². The quantitative estimate of drug-likeness (QED) is 0.187. The topological polar surface area (TPSA) is 61.9 Å². The molecule has 2 aliphatic rings. The zero-order chi connectivity index (χ0) is 36.3. The number of rotatable bonds is 5. The molecular weight excluding hydrogens is 673 g/mol. The van der Waals surface area contributed by atoms with Gasteiger partial charge in [0.05, 0.1) is 5.56 Å². The standard InChI is InChI=1S/C50H34N4O/c1-2-13-32(14-3-1)47-52-48(34-23-22-31-12-4-5-15-33(31)30-34)54-49(53-47)43-27-26-40(37-18-8-9-19-38(37)43)39-24-25-41(36-17-7-6-16-35(36)39)42-28-29-51-50-46(42)44-20-10-11-21-45(44)55-50/h1-28,30,47,51H,29H2,(H,52,53,54). The molecule has 1 atom stereocenters. The Hall–Kier alpha value is -7.24. The van der Waals surface area contributed by atoms with E-state index in [1.165, 1.54) is 43.8 Å². The maximum absolute atomic E-state index is 6.26. The van der Waals surface area contributed by atoms with Gasteiger partial charge in [-0.25, -0.2) is 9.98 Å². The first-order chi connectivity index (χ1) is 27.3. The molecule has 0 spiro atoms. The van der Waals surface area contributed by atoms with Gasteiger partial charge < -0.3 is 15.1 Å². The van der Waals surface area contributed by atoms with Crippen molar-refractivity contribution in [1.29, 1.82) is 0 Å². The van der Waals surface area contributed by atoms with Gasteiger partial charge in [0.1, 0.15) is 17.6 Å². The summed E-state index contributed by atoms with van der Waals surface area (Å²) < 4.78 is 6.26. The van der Waals surface area contributed by atoms with Crippen LogP contribution in [0.3, 0.4) is 0 Å². The molecule has 2 aliphatic heterocycles. The first-order valence-corrected chi connectivity index (χ1v) is 18.7. The Labute approximate surface area is 318 Å². The van der Waals surface area contributed by atoms with E-state index in [4.69, 9.17) is 14.4 Å². The van der Waals surface area contributed by atoms with Crippen LogP contribution in [-0.4, -0.2) is 18.2 Å². The second-order valence-electron chi connectivity index (χ2n) is 14.1. The highest BCUT2D eigenvalue weighted by Gasteiger charge is 2.25. The van der Waals surface area contributed by atoms with E-state index in [2.05, 4.69) is 168 Å². The van der Waals surface area contributed by atoms with Crippen molar-refractivity contribution in [3.05, 3.63) is 204 Å². The van der Waals surface area contributed by atoms with Crippen molar-refractivity contribution < 1.29 is 4.42 Å². The fraction of sp³-hybridized carbons (Fsp3) is 0.0400. The number of anilines is 1. The smallest absolute Gasteiger partial charge is 0.202 e. The Morgan fingerprint density at radius 1 is 0.527 bits per heavy atom. The Morgan fingerprint density at radius 2 is 1.13 bits per heavy atom. The summed E-state index contributed by atoms with van der Waals surface area (Å²) in [5.41, 5.74) is 9.86. The van der Waals surface area contributed by atoms with Crippen LogP contribution in [0, 0.1) is 0 Å². The third-order valence-corrected chi connectivity index (χ3v) is 11.0. The van der Waals surface area contributed by atoms with Gasteiger partial charge in [0.2, 0.25) is 5.88 Å². The molecule has 0 radical (unpaired) electrons. The molecule has 0 aliphatic carbocycles. The van der Waals surface area contributed by atoms with Gasteiger partial charge in [0, 0.05) is 23.1 Å². The van der Waals surface area contributed by atoms with E-state index in [9.17, 15) is 0 Å². The molecule has 1 aromatic heterocycles. The third kappa shape index (κ3) is 5.24. The van der Waals surface area contributed by atoms with Gasteiger partial charge >= 0.3 is 0 Å². The number of amidine groups is 2. The number of hydrogen-bond donors (Lipinski definition) is 2. The van der Waals surface area contributed by atoms with E-state index in [1.807, 2.05) is 18.2 Å². The molecule has 0 fully saturated rings. The van der Waals surface area contributed by atoms with Gasteiger partial charge in [-0.3, -0.25) is 0 Å². The van der Waals surface area contributed by atoms with Crippen LogP contribution in [-0.2, 0) is 0 Å². The van der Waals surface area contributed by atoms with Crippen LogP contribution < -0.4 is 10.6 Å². The van der Waals surface area contributed by atoms with E-state index in [-0.39, 0.29) is 6.17 Å². The maximum atomic E-state index is 6.26. The van der Waals surface area contributed by atoms with E-state index in [1.54, 1.807) is 0 Å². The molecule has 0 saturated carbocycles. The molecule has 8 aromatic carbocycles. The molecule has 55 heavy (non-hydrogen) atoms. The summed E-state index contributed by atoms with van der Waals surface area (Å²) >= 11 is 0. The van der Waals surface area contributed by atoms with Crippen LogP contribution in [0.1, 0.15) is 34.0 Å². The molecule has 0 saturated heterocycles. The molecule has 9 aromatic rings. The number of para-hydroxylation sites is 1. The number of hydrogen-bond acceptors (Lipinski definition) is 5. The van der Waals surface area contributed by atoms with Gasteiger partial charge in [-0.15, -0.1) is 0 Å². The number of nitrogens with one attached hydrogen (secondary N) is 2. The average Bonchev–Trinajstić information content (AvgIpc) is 3.65. The predicted octanol–water partition coefficient (Wildman–Crippen LogP) is 11.9. The highest BCUT2D eigenvalue weighted by Crippen LogP contribution is 2.44. The summed E-state index contributed by atoms with van der Waals surface area (Å²) in [7, 11) is 0. The largest absolute Gasteiger partial charge is 0.440 e. The zero-order valence-electron chi connectivity index (χ0n) is 29.8. The van der Waals surface area contributed by atoms with E-state index in [0.29, 0.717) is 12.4 Å². The molecular formula is C50H34N4O. The van der Waals surface area contributed by atoms with Gasteiger partial charge in [0.15, 0.2) is 5.84 Å². The van der Waals surface area contributed by atoms with E-state index in [0.717, 1.165) is 55.7 Å². The van der Waals surface area contributed by atoms with Crippen molar-refractivity contribution in [1.82, 2.24) is 5.32 Å². The maximum Gasteiger partial charge on any atom is 0.202 e. The summed E-state index contributed by atoms with van der Waals surface area (Å²) in [5, 5.41) is 15.3. The Kier molecular flexibility index (Phi) is 7.24. The lowest BCUT2D eigenvalue weighted by Gasteiger charge is -2.24. The van der Waals surface area contributed by atoms with Crippen molar-refractivity contribution in [2.45, 2.75) is 6.17 Å². The summed E-state index contributed by atoms with van der Waals surface area (Å²) in [5.74, 6) is 2.34. The minimum atomic E-state index is -0.290. The van der Waals surface area contributed by atoms with Gasteiger partial charge in [-0.05, 0) is 78.3 Å². The minimum absolute atomic E-state index is 0.290. The van der Waals surface area contributed by atoms with Crippen LogP contribution in [0.5, 0.6) is 0 Å². The molecule has 260 valence electrons. The number of fused-ring (bicyclic) bond motifs is 6. The van der Waals surface area contributed by atoms with Crippen molar-refractivity contribution >= 4 is 66.4 Å². The Morgan fingerprint density at radius 3 is 1.89 bits per heavy atom. The summed E-state index contributed by atoms with van der Waals surface area (Å²) in [6.07, 6.45) is 1.99. The minimum Gasteiger partial charge on any atom is -0.440 e. The second kappa shape index (κ2) is 12.7. The van der Waals surface area contributed by atoms with E-state index < -0.39 is 0 Å². The molecule has 11 rings (SSSR count). The molecule has 0 bridgehead atoms. The van der Waals surface area contributed by atoms with Gasteiger partial charge in [-0.1, -0.05) is 158 Å². The predicted molar refractivity (Wildman–Crippen MR) is 228 cm³/mol. The van der Waals surface area contributed by atoms with Gasteiger partial charge in [-0.2, -0.15) is 0 Å². The number of aliphatic imine (C=N–C) groups is 2. The molecule has 0 amide bonds. The SMILES string of the molecule is C1=C(c2ccc(-c3ccc(C4=NC(c5ccccc5)NC(c5ccc6ccccc6c5)=N4)c4ccccc34)c3ccccc23)c2c(oc3ccccc23)NC1. The van der Waals surface area contributed by atoms with Crippen LogP contribution in [0.4, 0.5) is 5.88 Å². The average molecular weight is 707 g/mol. The van der Waals surface area contributed by atoms with Crippen LogP contribution in [0.25, 0.3) is 60.0 Å². The van der Waals surface area contributed by atoms with Gasteiger partial charge in [0.25, 0.3) is 0 Å². The summed E-state index contributed by atoms with van der Waals surface area (Å²) in [6.45, 7) is 0.708. The monoisotopic (exact) mass is 706 g/mol. The lowest BCUT2D eigenvalue weighted by molar-refractivity contribution is 0.627. The van der Waals surface area contributed by atoms with Crippen molar-refractivity contribution in [2.24, 2.45) is 9.98 Å². The molecule has 5 heteroatoms. The fourth-order valence-corrected chi connectivity index (χ4v) is 8.39. The molecule has 1 unspecified atom stereocenters. The third-order valence-electron chi connectivity index (χ3n) is 11.0. The molecule has 3 heterocycles.